The number of H-pyrrole nitrogens is 1. The van der Waals surface area contributed by atoms with Crippen LogP contribution in [-0.2, 0) is 6.54 Å². The molecule has 1 fully saturated rings. The molecular formula is C19H21N5O2. The van der Waals surface area contributed by atoms with Gasteiger partial charge in [0.2, 0.25) is 5.82 Å². The Labute approximate surface area is 151 Å². The molecule has 7 nitrogen and oxygen atoms in total. The summed E-state index contributed by atoms with van der Waals surface area (Å²) < 4.78 is 4.50. The highest BCUT2D eigenvalue weighted by atomic mass is 16.5. The number of anilines is 1. The van der Waals surface area contributed by atoms with E-state index >= 15 is 0 Å². The number of benzene rings is 1. The lowest BCUT2D eigenvalue weighted by Gasteiger charge is -2.32. The summed E-state index contributed by atoms with van der Waals surface area (Å²) in [6, 6.07) is 14.8. The van der Waals surface area contributed by atoms with Crippen LogP contribution in [-0.4, -0.2) is 39.2 Å². The van der Waals surface area contributed by atoms with E-state index in [4.69, 9.17) is 0 Å². The summed E-state index contributed by atoms with van der Waals surface area (Å²) in [4.78, 5) is 20.3. The standard InChI is InChI=1S/C19H21N5O2/c25-19-22-18(23-26-19)17-7-6-16(12-20-17)21-15-8-10-24(11-9-15)13-14-4-2-1-3-5-14/h1-7,12,15,21H,8-11,13H2,(H,22,23,25). The lowest BCUT2D eigenvalue weighted by molar-refractivity contribution is 0.211. The van der Waals surface area contributed by atoms with Crippen molar-refractivity contribution in [2.45, 2.75) is 25.4 Å². The first-order chi connectivity index (χ1) is 12.8. The zero-order chi connectivity index (χ0) is 17.8. The van der Waals surface area contributed by atoms with Crippen LogP contribution >= 0.6 is 0 Å². The van der Waals surface area contributed by atoms with Gasteiger partial charge < -0.3 is 5.32 Å². The van der Waals surface area contributed by atoms with Gasteiger partial charge in [-0.05, 0) is 30.5 Å². The Morgan fingerprint density at radius 1 is 1.15 bits per heavy atom. The molecule has 2 aromatic heterocycles. The van der Waals surface area contributed by atoms with E-state index < -0.39 is 5.76 Å². The predicted molar refractivity (Wildman–Crippen MR) is 98.7 cm³/mol. The number of hydrogen-bond acceptors (Lipinski definition) is 6. The average Bonchev–Trinajstić information content (AvgIpc) is 3.11. The Morgan fingerprint density at radius 2 is 1.96 bits per heavy atom. The summed E-state index contributed by atoms with van der Waals surface area (Å²) >= 11 is 0. The Balaban J connectivity index is 1.29. The van der Waals surface area contributed by atoms with E-state index in [1.54, 1.807) is 6.20 Å². The van der Waals surface area contributed by atoms with Crippen LogP contribution < -0.4 is 11.1 Å². The zero-order valence-corrected chi connectivity index (χ0v) is 14.4. The van der Waals surface area contributed by atoms with E-state index in [0.717, 1.165) is 38.2 Å². The first kappa shape index (κ1) is 16.5. The van der Waals surface area contributed by atoms with Crippen molar-refractivity contribution in [3.8, 4) is 11.5 Å². The summed E-state index contributed by atoms with van der Waals surface area (Å²) in [6.07, 6.45) is 3.97. The topological polar surface area (TPSA) is 87.0 Å². The van der Waals surface area contributed by atoms with Gasteiger partial charge >= 0.3 is 5.76 Å². The Kier molecular flexibility index (Phi) is 4.79. The van der Waals surface area contributed by atoms with Crippen molar-refractivity contribution in [1.29, 1.82) is 0 Å². The van der Waals surface area contributed by atoms with E-state index in [1.165, 1.54) is 5.56 Å². The van der Waals surface area contributed by atoms with Crippen molar-refractivity contribution in [3.05, 3.63) is 64.8 Å². The molecule has 1 aliphatic heterocycles. The number of aromatic amines is 1. The zero-order valence-electron chi connectivity index (χ0n) is 14.4. The van der Waals surface area contributed by atoms with E-state index in [-0.39, 0.29) is 0 Å². The summed E-state index contributed by atoms with van der Waals surface area (Å²) in [5.74, 6) is -0.234. The number of rotatable bonds is 5. The maximum absolute atomic E-state index is 11.0. The molecule has 4 rings (SSSR count). The van der Waals surface area contributed by atoms with Crippen LogP contribution in [0.3, 0.4) is 0 Å². The van der Waals surface area contributed by atoms with E-state index in [2.05, 4.69) is 60.2 Å². The first-order valence-electron chi connectivity index (χ1n) is 8.81. The molecule has 2 N–H and O–H groups in total. The van der Waals surface area contributed by atoms with Crippen LogP contribution in [0.2, 0.25) is 0 Å². The maximum Gasteiger partial charge on any atom is 0.439 e. The van der Waals surface area contributed by atoms with Gasteiger partial charge in [-0.15, -0.1) is 0 Å². The minimum atomic E-state index is -0.578. The van der Waals surface area contributed by atoms with Crippen molar-refractivity contribution >= 4 is 5.69 Å². The largest absolute Gasteiger partial charge is 0.439 e. The van der Waals surface area contributed by atoms with Crippen LogP contribution in [0.25, 0.3) is 11.5 Å². The van der Waals surface area contributed by atoms with Crippen LogP contribution in [0.1, 0.15) is 18.4 Å². The summed E-state index contributed by atoms with van der Waals surface area (Å²) in [6.45, 7) is 3.18. The molecule has 0 aliphatic carbocycles. The molecule has 134 valence electrons. The van der Waals surface area contributed by atoms with Crippen molar-refractivity contribution in [3.63, 3.8) is 0 Å². The van der Waals surface area contributed by atoms with Crippen molar-refractivity contribution < 1.29 is 4.52 Å². The van der Waals surface area contributed by atoms with E-state index in [9.17, 15) is 4.79 Å². The fourth-order valence-corrected chi connectivity index (χ4v) is 3.27. The van der Waals surface area contributed by atoms with Gasteiger partial charge in [0.1, 0.15) is 5.69 Å². The van der Waals surface area contributed by atoms with Gasteiger partial charge in [0.15, 0.2) is 0 Å². The number of nitrogens with one attached hydrogen (secondary N) is 2. The third kappa shape index (κ3) is 4.00. The molecule has 0 unspecified atom stereocenters. The average molecular weight is 351 g/mol. The van der Waals surface area contributed by atoms with Crippen LogP contribution in [0.4, 0.5) is 5.69 Å². The van der Waals surface area contributed by atoms with E-state index in [0.29, 0.717) is 17.6 Å². The first-order valence-corrected chi connectivity index (χ1v) is 8.81. The quantitative estimate of drug-likeness (QED) is 0.734. The second kappa shape index (κ2) is 7.53. The number of hydrogen-bond donors (Lipinski definition) is 2. The highest BCUT2D eigenvalue weighted by Crippen LogP contribution is 2.19. The second-order valence-electron chi connectivity index (χ2n) is 6.56. The number of pyridine rings is 1. The third-order valence-electron chi connectivity index (χ3n) is 4.65. The van der Waals surface area contributed by atoms with Gasteiger partial charge in [0.05, 0.1) is 11.9 Å². The van der Waals surface area contributed by atoms with Crippen molar-refractivity contribution in [1.82, 2.24) is 20.0 Å². The molecule has 26 heavy (non-hydrogen) atoms. The minimum Gasteiger partial charge on any atom is -0.381 e. The van der Waals surface area contributed by atoms with Crippen LogP contribution in [0.15, 0.2) is 58.0 Å². The lowest BCUT2D eigenvalue weighted by Crippen LogP contribution is -2.38. The number of likely N-dealkylation sites (tertiary alicyclic amines) is 1. The number of nitrogens with zero attached hydrogens (tertiary/aromatic N) is 3. The summed E-state index contributed by atoms with van der Waals surface area (Å²) in [5, 5.41) is 7.19. The monoisotopic (exact) mass is 351 g/mol. The molecule has 0 atom stereocenters. The molecule has 1 aromatic carbocycles. The predicted octanol–water partition coefficient (Wildman–Crippen LogP) is 2.50. The molecular weight excluding hydrogens is 330 g/mol. The highest BCUT2D eigenvalue weighted by molar-refractivity contribution is 5.53. The molecule has 1 saturated heterocycles. The molecule has 3 aromatic rings. The van der Waals surface area contributed by atoms with Crippen molar-refractivity contribution in [2.75, 3.05) is 18.4 Å². The summed E-state index contributed by atoms with van der Waals surface area (Å²) in [7, 11) is 0. The SMILES string of the molecule is O=c1[nH]c(-c2ccc(NC3CCN(Cc4ccccc4)CC3)cn2)no1. The fourth-order valence-electron chi connectivity index (χ4n) is 3.27. The Bertz CT molecular complexity index is 880. The number of aromatic nitrogens is 3. The third-order valence-corrected chi connectivity index (χ3v) is 4.65. The molecule has 7 heteroatoms. The summed E-state index contributed by atoms with van der Waals surface area (Å²) in [5.41, 5.74) is 2.92. The molecule has 0 amide bonds. The van der Waals surface area contributed by atoms with Gasteiger partial charge in [0.25, 0.3) is 0 Å². The smallest absolute Gasteiger partial charge is 0.381 e. The number of piperidine rings is 1. The maximum atomic E-state index is 11.0. The minimum absolute atomic E-state index is 0.343. The molecule has 0 bridgehead atoms. The Hall–Kier alpha value is -2.93. The van der Waals surface area contributed by atoms with Crippen LogP contribution in [0, 0.1) is 0 Å². The molecule has 0 radical (unpaired) electrons. The normalized spacial score (nSPS) is 15.8. The fraction of sp³-hybridized carbons (Fsp3) is 0.316. The van der Waals surface area contributed by atoms with Gasteiger partial charge in [0, 0.05) is 25.7 Å². The molecule has 1 aliphatic rings. The second-order valence-corrected chi connectivity index (χ2v) is 6.56. The van der Waals surface area contributed by atoms with Crippen molar-refractivity contribution in [2.24, 2.45) is 0 Å². The van der Waals surface area contributed by atoms with Gasteiger partial charge in [-0.25, -0.2) is 4.79 Å². The molecule has 0 saturated carbocycles. The van der Waals surface area contributed by atoms with Crippen LogP contribution in [0.5, 0.6) is 0 Å². The molecule has 3 heterocycles. The highest BCUT2D eigenvalue weighted by Gasteiger charge is 2.19. The molecule has 0 spiro atoms. The lowest BCUT2D eigenvalue weighted by atomic mass is 10.0. The van der Waals surface area contributed by atoms with Gasteiger partial charge in [-0.3, -0.25) is 19.4 Å². The van der Waals surface area contributed by atoms with Gasteiger partial charge in [-0.2, -0.15) is 0 Å². The Morgan fingerprint density at radius 3 is 2.62 bits per heavy atom. The van der Waals surface area contributed by atoms with E-state index in [1.807, 2.05) is 12.1 Å². The van der Waals surface area contributed by atoms with Gasteiger partial charge in [-0.1, -0.05) is 35.5 Å².